The fraction of sp³-hybridized carbons (Fsp3) is 0.0769. The molecule has 0 spiro atoms. The largest absolute Gasteiger partial charge is 0.248 e. The van der Waals surface area contributed by atoms with Crippen molar-refractivity contribution in [3.05, 3.63) is 53.5 Å². The van der Waals surface area contributed by atoms with Crippen molar-refractivity contribution in [1.82, 2.24) is 4.98 Å². The molecule has 0 aliphatic carbocycles. The molecule has 0 radical (unpaired) electrons. The lowest BCUT2D eigenvalue weighted by Gasteiger charge is -2.05. The summed E-state index contributed by atoms with van der Waals surface area (Å²) >= 11 is 1.17. The van der Waals surface area contributed by atoms with Crippen LogP contribution in [0.1, 0.15) is 11.1 Å². The Labute approximate surface area is 103 Å². The lowest BCUT2D eigenvalue weighted by molar-refractivity contribution is 0.602. The van der Waals surface area contributed by atoms with Gasteiger partial charge in [0.05, 0.1) is 5.56 Å². The number of halogens is 1. The molecule has 1 aromatic heterocycles. The predicted octanol–water partition coefficient (Wildman–Crippen LogP) is 3.55. The summed E-state index contributed by atoms with van der Waals surface area (Å²) in [6.45, 7) is 1.84. The number of pyridine rings is 1. The van der Waals surface area contributed by atoms with Crippen LogP contribution < -0.4 is 0 Å². The van der Waals surface area contributed by atoms with Gasteiger partial charge in [0.1, 0.15) is 16.9 Å². The Morgan fingerprint density at radius 1 is 1.29 bits per heavy atom. The van der Waals surface area contributed by atoms with Gasteiger partial charge in [-0.15, -0.1) is 0 Å². The highest BCUT2D eigenvalue weighted by Gasteiger charge is 2.10. The molecule has 0 bridgehead atoms. The molecule has 1 heterocycles. The quantitative estimate of drug-likeness (QED) is 0.810. The number of nitrogens with zero attached hydrogens (tertiary/aromatic N) is 2. The number of nitriles is 1. The Morgan fingerprint density at radius 2 is 2.06 bits per heavy atom. The second kappa shape index (κ2) is 4.98. The molecule has 2 rings (SSSR count). The van der Waals surface area contributed by atoms with Crippen molar-refractivity contribution in [1.29, 1.82) is 5.26 Å². The van der Waals surface area contributed by atoms with Gasteiger partial charge in [0.2, 0.25) is 0 Å². The zero-order valence-electron chi connectivity index (χ0n) is 9.14. The molecule has 4 heteroatoms. The summed E-state index contributed by atoms with van der Waals surface area (Å²) in [6.07, 6.45) is 1.62. The molecule has 0 amide bonds. The highest BCUT2D eigenvalue weighted by Crippen LogP contribution is 2.31. The van der Waals surface area contributed by atoms with Gasteiger partial charge in [0.25, 0.3) is 0 Å². The third kappa shape index (κ3) is 2.45. The standard InChI is InChI=1S/C13H9FN2S/c1-9-6-7-16-13(10(9)8-15)17-12-5-3-2-4-11(12)14/h2-7H,1H3. The number of aromatic nitrogens is 1. The van der Waals surface area contributed by atoms with Crippen LogP contribution in [0.3, 0.4) is 0 Å². The minimum atomic E-state index is -0.301. The van der Waals surface area contributed by atoms with E-state index in [1.165, 1.54) is 17.8 Å². The Bertz CT molecular complexity index is 590. The highest BCUT2D eigenvalue weighted by molar-refractivity contribution is 7.99. The Morgan fingerprint density at radius 3 is 2.76 bits per heavy atom. The third-order valence-electron chi connectivity index (χ3n) is 2.28. The summed E-state index contributed by atoms with van der Waals surface area (Å²) < 4.78 is 13.5. The normalized spacial score (nSPS) is 9.94. The monoisotopic (exact) mass is 244 g/mol. The highest BCUT2D eigenvalue weighted by atomic mass is 32.2. The van der Waals surface area contributed by atoms with Crippen LogP contribution in [0.25, 0.3) is 0 Å². The molecular formula is C13H9FN2S. The smallest absolute Gasteiger partial charge is 0.137 e. The molecule has 84 valence electrons. The van der Waals surface area contributed by atoms with E-state index in [9.17, 15) is 4.39 Å². The van der Waals surface area contributed by atoms with Crippen molar-refractivity contribution in [3.63, 3.8) is 0 Å². The molecule has 0 aliphatic rings. The molecule has 0 N–H and O–H groups in total. The molecule has 0 saturated heterocycles. The van der Waals surface area contributed by atoms with Gasteiger partial charge in [-0.1, -0.05) is 23.9 Å². The fourth-order valence-corrected chi connectivity index (χ4v) is 2.32. The van der Waals surface area contributed by atoms with Crippen molar-refractivity contribution >= 4 is 11.8 Å². The molecule has 0 atom stereocenters. The first-order chi connectivity index (χ1) is 8.22. The minimum absolute atomic E-state index is 0.301. The Balaban J connectivity index is 2.41. The van der Waals surface area contributed by atoms with Crippen molar-refractivity contribution in [3.8, 4) is 6.07 Å². The third-order valence-corrected chi connectivity index (χ3v) is 3.33. The lowest BCUT2D eigenvalue weighted by Crippen LogP contribution is -1.91. The average Bonchev–Trinajstić information content (AvgIpc) is 2.32. The average molecular weight is 244 g/mol. The summed E-state index contributed by atoms with van der Waals surface area (Å²) in [5, 5.41) is 9.59. The van der Waals surface area contributed by atoms with Gasteiger partial charge in [-0.05, 0) is 30.7 Å². The number of aryl methyl sites for hydroxylation is 1. The molecule has 0 fully saturated rings. The van der Waals surface area contributed by atoms with E-state index in [0.29, 0.717) is 15.5 Å². The summed E-state index contributed by atoms with van der Waals surface area (Å²) in [4.78, 5) is 4.59. The first kappa shape index (κ1) is 11.6. The summed E-state index contributed by atoms with van der Waals surface area (Å²) in [5.41, 5.74) is 1.35. The van der Waals surface area contributed by atoms with Gasteiger partial charge in [-0.2, -0.15) is 5.26 Å². The number of benzene rings is 1. The van der Waals surface area contributed by atoms with E-state index < -0.39 is 0 Å². The van der Waals surface area contributed by atoms with Crippen molar-refractivity contribution in [2.75, 3.05) is 0 Å². The lowest BCUT2D eigenvalue weighted by atomic mass is 10.2. The summed E-state index contributed by atoms with van der Waals surface area (Å²) in [6, 6.07) is 10.3. The Hall–Kier alpha value is -1.86. The maximum Gasteiger partial charge on any atom is 0.137 e. The SMILES string of the molecule is Cc1ccnc(Sc2ccccc2F)c1C#N. The Kier molecular flexibility index (Phi) is 3.40. The van der Waals surface area contributed by atoms with E-state index in [4.69, 9.17) is 5.26 Å². The van der Waals surface area contributed by atoms with Crippen LogP contribution in [0.2, 0.25) is 0 Å². The summed E-state index contributed by atoms with van der Waals surface area (Å²) in [7, 11) is 0. The van der Waals surface area contributed by atoms with Gasteiger partial charge < -0.3 is 0 Å². The first-order valence-corrected chi connectivity index (χ1v) is 5.82. The van der Waals surface area contributed by atoms with Crippen LogP contribution in [-0.4, -0.2) is 4.98 Å². The van der Waals surface area contributed by atoms with E-state index in [1.807, 2.05) is 6.92 Å². The van der Waals surface area contributed by atoms with Crippen molar-refractivity contribution in [2.45, 2.75) is 16.8 Å². The second-order valence-electron chi connectivity index (χ2n) is 3.45. The molecular weight excluding hydrogens is 235 g/mol. The van der Waals surface area contributed by atoms with Crippen molar-refractivity contribution in [2.24, 2.45) is 0 Å². The molecule has 2 aromatic rings. The van der Waals surface area contributed by atoms with Gasteiger partial charge in [0.15, 0.2) is 0 Å². The molecule has 0 aliphatic heterocycles. The second-order valence-corrected chi connectivity index (χ2v) is 4.48. The van der Waals surface area contributed by atoms with E-state index in [-0.39, 0.29) is 5.82 Å². The predicted molar refractivity (Wildman–Crippen MR) is 64.2 cm³/mol. The van der Waals surface area contributed by atoms with Crippen LogP contribution >= 0.6 is 11.8 Å². The van der Waals surface area contributed by atoms with Crippen LogP contribution in [0.15, 0.2) is 46.5 Å². The molecule has 2 nitrogen and oxygen atoms in total. The zero-order chi connectivity index (χ0) is 12.3. The maximum atomic E-state index is 13.5. The minimum Gasteiger partial charge on any atom is -0.248 e. The fourth-order valence-electron chi connectivity index (χ4n) is 1.38. The molecule has 0 saturated carbocycles. The van der Waals surface area contributed by atoms with E-state index >= 15 is 0 Å². The van der Waals surface area contributed by atoms with Gasteiger partial charge in [-0.25, -0.2) is 9.37 Å². The van der Waals surface area contributed by atoms with E-state index in [0.717, 1.165) is 5.56 Å². The number of hydrogen-bond acceptors (Lipinski definition) is 3. The topological polar surface area (TPSA) is 36.7 Å². The van der Waals surface area contributed by atoms with Crippen LogP contribution in [-0.2, 0) is 0 Å². The van der Waals surface area contributed by atoms with Gasteiger partial charge in [0, 0.05) is 11.1 Å². The van der Waals surface area contributed by atoms with Crippen molar-refractivity contribution < 1.29 is 4.39 Å². The van der Waals surface area contributed by atoms with Crippen LogP contribution in [0.4, 0.5) is 4.39 Å². The maximum absolute atomic E-state index is 13.5. The van der Waals surface area contributed by atoms with Gasteiger partial charge >= 0.3 is 0 Å². The first-order valence-electron chi connectivity index (χ1n) is 5.00. The summed E-state index contributed by atoms with van der Waals surface area (Å²) in [5.74, 6) is -0.301. The van der Waals surface area contributed by atoms with E-state index in [2.05, 4.69) is 11.1 Å². The number of rotatable bonds is 2. The molecule has 1 aromatic carbocycles. The van der Waals surface area contributed by atoms with Gasteiger partial charge in [-0.3, -0.25) is 0 Å². The molecule has 0 unspecified atom stereocenters. The zero-order valence-corrected chi connectivity index (χ0v) is 9.96. The van der Waals surface area contributed by atoms with E-state index in [1.54, 1.807) is 30.5 Å². The number of hydrogen-bond donors (Lipinski definition) is 0. The van der Waals surface area contributed by atoms with Crippen LogP contribution in [0.5, 0.6) is 0 Å². The van der Waals surface area contributed by atoms with Crippen LogP contribution in [0, 0.1) is 24.1 Å². The molecule has 17 heavy (non-hydrogen) atoms.